The van der Waals surface area contributed by atoms with E-state index in [0.29, 0.717) is 5.75 Å². The molecule has 1 aromatic rings. The molecular weight excluding hydrogens is 314 g/mol. The molecule has 0 fully saturated rings. The van der Waals surface area contributed by atoms with Gasteiger partial charge in [0.05, 0.1) is 6.61 Å². The molecule has 0 spiro atoms. The third-order valence-corrected chi connectivity index (χ3v) is 3.69. The first-order valence-corrected chi connectivity index (χ1v) is 7.78. The zero-order valence-electron chi connectivity index (χ0n) is 14.3. The predicted molar refractivity (Wildman–Crippen MR) is 87.7 cm³/mol. The smallest absolute Gasteiger partial charge is 0.329 e. The van der Waals surface area contributed by atoms with Gasteiger partial charge in [0.2, 0.25) is 0 Å². The average molecular weight is 337 g/mol. The van der Waals surface area contributed by atoms with Crippen LogP contribution in [0.1, 0.15) is 20.8 Å². The van der Waals surface area contributed by atoms with E-state index in [1.165, 1.54) is 12.0 Å². The lowest BCUT2D eigenvalue weighted by Gasteiger charge is -2.37. The molecule has 8 heteroatoms. The topological polar surface area (TPSA) is 104 Å². The van der Waals surface area contributed by atoms with E-state index in [0.717, 1.165) is 0 Å². The van der Waals surface area contributed by atoms with Crippen molar-refractivity contribution in [3.05, 3.63) is 12.1 Å². The molecule has 0 bridgehead atoms. The number of nitrogens with two attached hydrogens (primary N) is 1. The highest BCUT2D eigenvalue weighted by atomic mass is 16.6. The van der Waals surface area contributed by atoms with Crippen molar-refractivity contribution in [2.75, 3.05) is 31.0 Å². The zero-order valence-corrected chi connectivity index (χ0v) is 14.3. The fourth-order valence-electron chi connectivity index (χ4n) is 2.39. The molecule has 24 heavy (non-hydrogen) atoms. The second kappa shape index (κ2) is 7.48. The van der Waals surface area contributed by atoms with Gasteiger partial charge in [0, 0.05) is 7.11 Å². The molecule has 0 aliphatic carbocycles. The fraction of sp³-hybridized carbons (Fsp3) is 0.562. The normalized spacial score (nSPS) is 18.1. The molecule has 2 rings (SSSR count). The molecule has 0 saturated carbocycles. The van der Waals surface area contributed by atoms with Crippen LogP contribution in [0, 0.1) is 5.92 Å². The number of rotatable bonds is 6. The first-order valence-electron chi connectivity index (χ1n) is 7.78. The summed E-state index contributed by atoms with van der Waals surface area (Å²) in [6.07, 6.45) is -0.697. The summed E-state index contributed by atoms with van der Waals surface area (Å²) in [5, 5.41) is 0. The quantitative estimate of drug-likeness (QED) is 0.610. The molecular formula is C16H23N3O5. The highest BCUT2D eigenvalue weighted by Crippen LogP contribution is 2.36. The van der Waals surface area contributed by atoms with Crippen LogP contribution in [-0.2, 0) is 19.1 Å². The lowest BCUT2D eigenvalue weighted by atomic mass is 10.0. The molecule has 0 saturated heterocycles. The number of anilines is 2. The minimum atomic E-state index is -0.854. The summed E-state index contributed by atoms with van der Waals surface area (Å²) >= 11 is 0. The van der Waals surface area contributed by atoms with Crippen LogP contribution in [0.15, 0.2) is 12.1 Å². The van der Waals surface area contributed by atoms with E-state index in [-0.39, 0.29) is 36.7 Å². The number of fused-ring (bicyclic) bond motifs is 1. The number of amides is 1. The Morgan fingerprint density at radius 3 is 2.71 bits per heavy atom. The molecule has 1 amide bonds. The van der Waals surface area contributed by atoms with Crippen LogP contribution in [0.2, 0.25) is 0 Å². The second-order valence-electron chi connectivity index (χ2n) is 5.88. The SMILES string of the molecule is COCCOC(=O)C(C)N1C(=O)C(C(C)C)Oc2ccc(N)nc21. The van der Waals surface area contributed by atoms with Gasteiger partial charge in [0.15, 0.2) is 17.7 Å². The van der Waals surface area contributed by atoms with Gasteiger partial charge in [-0.25, -0.2) is 9.78 Å². The average Bonchev–Trinajstić information content (AvgIpc) is 2.53. The molecule has 1 aliphatic heterocycles. The minimum absolute atomic E-state index is 0.0672. The molecule has 1 aromatic heterocycles. The summed E-state index contributed by atoms with van der Waals surface area (Å²) in [5.41, 5.74) is 5.72. The number of nitrogen functional groups attached to an aromatic ring is 1. The summed E-state index contributed by atoms with van der Waals surface area (Å²) in [7, 11) is 1.51. The van der Waals surface area contributed by atoms with Gasteiger partial charge in [-0.2, -0.15) is 0 Å². The van der Waals surface area contributed by atoms with Crippen LogP contribution >= 0.6 is 0 Å². The van der Waals surface area contributed by atoms with Gasteiger partial charge in [0.25, 0.3) is 5.91 Å². The highest BCUT2D eigenvalue weighted by Gasteiger charge is 2.42. The van der Waals surface area contributed by atoms with Gasteiger partial charge in [-0.15, -0.1) is 0 Å². The third kappa shape index (κ3) is 3.59. The van der Waals surface area contributed by atoms with Crippen molar-refractivity contribution in [2.45, 2.75) is 32.9 Å². The number of hydrogen-bond acceptors (Lipinski definition) is 7. The number of nitrogens with zero attached hydrogens (tertiary/aromatic N) is 2. The maximum Gasteiger partial charge on any atom is 0.329 e. The van der Waals surface area contributed by atoms with Crippen LogP contribution in [0.4, 0.5) is 11.6 Å². The molecule has 1 aliphatic rings. The fourth-order valence-corrected chi connectivity index (χ4v) is 2.39. The Bertz CT molecular complexity index is 620. The van der Waals surface area contributed by atoms with E-state index in [2.05, 4.69) is 4.98 Å². The summed E-state index contributed by atoms with van der Waals surface area (Å²) in [5.74, 6) is -0.0700. The van der Waals surface area contributed by atoms with Crippen LogP contribution in [0.5, 0.6) is 5.75 Å². The Hall–Kier alpha value is -2.35. The number of ether oxygens (including phenoxy) is 3. The van der Waals surface area contributed by atoms with Crippen LogP contribution < -0.4 is 15.4 Å². The van der Waals surface area contributed by atoms with Crippen molar-refractivity contribution < 1.29 is 23.8 Å². The van der Waals surface area contributed by atoms with E-state index in [4.69, 9.17) is 19.9 Å². The Morgan fingerprint density at radius 1 is 1.38 bits per heavy atom. The lowest BCUT2D eigenvalue weighted by molar-refractivity contribution is -0.148. The standard InChI is InChI=1S/C16H23N3O5/c1-9(2)13-15(20)19(10(3)16(21)23-8-7-22-4)14-11(24-13)5-6-12(17)18-14/h5-6,9-10,13H,7-8H2,1-4H3,(H2,17,18). The van der Waals surface area contributed by atoms with Crippen molar-refractivity contribution in [1.82, 2.24) is 4.98 Å². The lowest BCUT2D eigenvalue weighted by Crippen LogP contribution is -2.54. The summed E-state index contributed by atoms with van der Waals surface area (Å²) < 4.78 is 15.7. The first kappa shape index (κ1) is 18.0. The van der Waals surface area contributed by atoms with Gasteiger partial charge in [0.1, 0.15) is 18.5 Å². The Balaban J connectivity index is 2.33. The van der Waals surface area contributed by atoms with E-state index in [1.54, 1.807) is 19.1 Å². The van der Waals surface area contributed by atoms with Crippen LogP contribution in [-0.4, -0.2) is 49.3 Å². The molecule has 2 heterocycles. The Kier molecular flexibility index (Phi) is 5.61. The van der Waals surface area contributed by atoms with Crippen molar-refractivity contribution in [2.24, 2.45) is 5.92 Å². The van der Waals surface area contributed by atoms with Gasteiger partial charge in [-0.05, 0) is 25.0 Å². The molecule has 132 valence electrons. The van der Waals surface area contributed by atoms with E-state index in [1.807, 2.05) is 13.8 Å². The van der Waals surface area contributed by atoms with E-state index >= 15 is 0 Å². The molecule has 2 atom stereocenters. The van der Waals surface area contributed by atoms with Crippen LogP contribution in [0.25, 0.3) is 0 Å². The minimum Gasteiger partial charge on any atom is -0.476 e. The van der Waals surface area contributed by atoms with E-state index < -0.39 is 18.1 Å². The maximum absolute atomic E-state index is 12.8. The van der Waals surface area contributed by atoms with Gasteiger partial charge >= 0.3 is 5.97 Å². The van der Waals surface area contributed by atoms with Gasteiger partial charge in [-0.1, -0.05) is 13.8 Å². The third-order valence-electron chi connectivity index (χ3n) is 3.69. The van der Waals surface area contributed by atoms with Crippen LogP contribution in [0.3, 0.4) is 0 Å². The number of carbonyl (C=O) groups is 2. The van der Waals surface area contributed by atoms with Crippen molar-refractivity contribution in [3.8, 4) is 5.75 Å². The molecule has 0 radical (unpaired) electrons. The summed E-state index contributed by atoms with van der Waals surface area (Å²) in [6, 6.07) is 2.38. The summed E-state index contributed by atoms with van der Waals surface area (Å²) in [4.78, 5) is 30.5. The maximum atomic E-state index is 12.8. The number of methoxy groups -OCH3 is 1. The van der Waals surface area contributed by atoms with Crippen molar-refractivity contribution >= 4 is 23.5 Å². The zero-order chi connectivity index (χ0) is 17.9. The van der Waals surface area contributed by atoms with Gasteiger partial charge in [-0.3, -0.25) is 9.69 Å². The van der Waals surface area contributed by atoms with Gasteiger partial charge < -0.3 is 19.9 Å². The summed E-state index contributed by atoms with van der Waals surface area (Å²) in [6.45, 7) is 5.73. The molecule has 2 N–H and O–H groups in total. The Labute approximate surface area is 140 Å². The molecule has 2 unspecified atom stereocenters. The molecule has 8 nitrogen and oxygen atoms in total. The number of aromatic nitrogens is 1. The number of hydrogen-bond donors (Lipinski definition) is 1. The number of esters is 1. The Morgan fingerprint density at radius 2 is 2.08 bits per heavy atom. The molecule has 0 aromatic carbocycles. The monoisotopic (exact) mass is 337 g/mol. The van der Waals surface area contributed by atoms with Crippen molar-refractivity contribution in [3.63, 3.8) is 0 Å². The largest absolute Gasteiger partial charge is 0.476 e. The number of pyridine rings is 1. The number of carbonyl (C=O) groups excluding carboxylic acids is 2. The first-order chi connectivity index (χ1) is 11.4. The predicted octanol–water partition coefficient (Wildman–Crippen LogP) is 0.992. The van der Waals surface area contributed by atoms with Crippen molar-refractivity contribution in [1.29, 1.82) is 0 Å². The highest BCUT2D eigenvalue weighted by molar-refractivity contribution is 6.03. The van der Waals surface area contributed by atoms with E-state index in [9.17, 15) is 9.59 Å². The second-order valence-corrected chi connectivity index (χ2v) is 5.88.